The Kier molecular flexibility index (Phi) is 11.6. The summed E-state index contributed by atoms with van der Waals surface area (Å²) < 4.78 is 1.79. The van der Waals surface area contributed by atoms with E-state index in [1.165, 1.54) is 12.5 Å². The minimum atomic E-state index is -1.50. The number of hydrogen-bond acceptors (Lipinski definition) is 0. The van der Waals surface area contributed by atoms with Crippen LogP contribution in [-0.4, -0.2) is 8.07 Å². The zero-order chi connectivity index (χ0) is 11.0. The van der Waals surface area contributed by atoms with Crippen LogP contribution in [0.5, 0.6) is 0 Å². The van der Waals surface area contributed by atoms with Gasteiger partial charge >= 0.3 is 94.1 Å². The Morgan fingerprint density at radius 1 is 1.00 bits per heavy atom. The number of halogens is 3. The standard InChI is InChI=1S/C9H15Si.3CH3.3ClH.Ti/c1-10(2,3)8-9-6-4-5-7-9;;;;;;;/h4,6H,7-8H2,1-3H3;3*1H3;3*1H;. The molecule has 1 rings (SSSR count). The van der Waals surface area contributed by atoms with Gasteiger partial charge in [-0.15, -0.1) is 37.2 Å². The van der Waals surface area contributed by atoms with E-state index in [2.05, 4.69) is 47.5 Å². The van der Waals surface area contributed by atoms with Crippen LogP contribution in [0, 0.1) is 0 Å². The molecule has 104 valence electrons. The van der Waals surface area contributed by atoms with Gasteiger partial charge in [-0.1, -0.05) is 0 Å². The second-order valence-electron chi connectivity index (χ2n) is 6.68. The van der Waals surface area contributed by atoms with Gasteiger partial charge in [0.15, 0.2) is 0 Å². The van der Waals surface area contributed by atoms with E-state index in [0.29, 0.717) is 0 Å². The van der Waals surface area contributed by atoms with Crippen LogP contribution in [0.25, 0.3) is 0 Å². The molecule has 0 saturated heterocycles. The smallest absolute Gasteiger partial charge is 0.147 e. The molecule has 0 radical (unpaired) electrons. The first-order valence-corrected chi connectivity index (χ1v) is 14.7. The molecule has 0 aromatic heterocycles. The molecule has 0 amide bonds. The van der Waals surface area contributed by atoms with Crippen molar-refractivity contribution in [1.82, 2.24) is 0 Å². The van der Waals surface area contributed by atoms with E-state index in [4.69, 9.17) is 0 Å². The van der Waals surface area contributed by atoms with E-state index in [9.17, 15) is 0 Å². The van der Waals surface area contributed by atoms with E-state index in [1.807, 2.05) is 0 Å². The van der Waals surface area contributed by atoms with Crippen LogP contribution in [0.2, 0.25) is 41.4 Å². The molecule has 1 aliphatic carbocycles. The summed E-state index contributed by atoms with van der Waals surface area (Å²) in [6, 6.07) is 1.39. The summed E-state index contributed by atoms with van der Waals surface area (Å²) in [7, 11) is -0.892. The average Bonchev–Trinajstić information content (AvgIpc) is 2.29. The van der Waals surface area contributed by atoms with Gasteiger partial charge in [0.25, 0.3) is 0 Å². The number of allylic oxidation sites excluding steroid dienone is 4. The minimum absolute atomic E-state index is 0. The number of hydrogen-bond donors (Lipinski definition) is 0. The molecule has 0 bridgehead atoms. The van der Waals surface area contributed by atoms with Crippen LogP contribution in [0.1, 0.15) is 6.42 Å². The Balaban J connectivity index is -0.000000653. The van der Waals surface area contributed by atoms with Crippen LogP contribution in [0.15, 0.2) is 21.6 Å². The minimum Gasteiger partial charge on any atom is -0.147 e. The van der Waals surface area contributed by atoms with Gasteiger partial charge in [0, 0.05) is 0 Å². The third kappa shape index (κ3) is 8.91. The molecular formula is C12H27Cl3SiTi. The van der Waals surface area contributed by atoms with Gasteiger partial charge in [0.2, 0.25) is 0 Å². The molecule has 17 heavy (non-hydrogen) atoms. The van der Waals surface area contributed by atoms with Crippen LogP contribution in [-0.2, 0) is 16.6 Å². The van der Waals surface area contributed by atoms with Crippen molar-refractivity contribution in [2.45, 2.75) is 47.8 Å². The maximum Gasteiger partial charge on any atom is -0.147 e. The van der Waals surface area contributed by atoms with E-state index in [0.717, 1.165) is 0 Å². The molecule has 5 heteroatoms. The second-order valence-corrected chi connectivity index (χ2v) is 20.2. The fraction of sp³-hybridized carbons (Fsp3) is 0.667. The Hall–Kier alpha value is 1.28. The van der Waals surface area contributed by atoms with Gasteiger partial charge in [0.1, 0.15) is 0 Å². The first-order chi connectivity index (χ1) is 6.18. The van der Waals surface area contributed by atoms with Crippen molar-refractivity contribution >= 4 is 45.3 Å². The van der Waals surface area contributed by atoms with Crippen molar-refractivity contribution in [3.05, 3.63) is 21.6 Å². The fourth-order valence-electron chi connectivity index (χ4n) is 1.90. The zero-order valence-electron chi connectivity index (χ0n) is 11.8. The first kappa shape index (κ1) is 23.4. The Labute approximate surface area is 130 Å². The quantitative estimate of drug-likeness (QED) is 0.538. The molecular weight excluding hydrogens is 326 g/mol. The summed E-state index contributed by atoms with van der Waals surface area (Å²) in [5.74, 6) is 0. The topological polar surface area (TPSA) is 0 Å². The zero-order valence-corrected chi connectivity index (χ0v) is 16.8. The average molecular weight is 354 g/mol. The van der Waals surface area contributed by atoms with Crippen molar-refractivity contribution in [3.8, 4) is 0 Å². The maximum absolute atomic E-state index is 2.50. The molecule has 0 N–H and O–H groups in total. The van der Waals surface area contributed by atoms with Crippen molar-refractivity contribution in [2.75, 3.05) is 0 Å². The molecule has 0 heterocycles. The van der Waals surface area contributed by atoms with Crippen molar-refractivity contribution < 1.29 is 16.6 Å². The summed E-state index contributed by atoms with van der Waals surface area (Å²) in [5.41, 5.74) is 1.71. The molecule has 0 aromatic rings. The summed E-state index contributed by atoms with van der Waals surface area (Å²) in [6.45, 7) is 7.39. The van der Waals surface area contributed by atoms with Gasteiger partial charge in [-0.05, 0) is 0 Å². The van der Waals surface area contributed by atoms with Crippen molar-refractivity contribution in [3.63, 3.8) is 0 Å². The molecule has 0 atom stereocenters. The molecule has 0 aliphatic heterocycles. The van der Waals surface area contributed by atoms with Crippen LogP contribution in [0.4, 0.5) is 0 Å². The summed E-state index contributed by atoms with van der Waals surface area (Å²) in [6.07, 6.45) is 6.15. The summed E-state index contributed by atoms with van der Waals surface area (Å²) in [4.78, 5) is 0. The molecule has 0 fully saturated rings. The summed E-state index contributed by atoms with van der Waals surface area (Å²) in [5, 5.41) is 7.49. The van der Waals surface area contributed by atoms with E-state index < -0.39 is 24.7 Å². The van der Waals surface area contributed by atoms with E-state index in [1.54, 1.807) is 9.45 Å². The second kappa shape index (κ2) is 8.45. The van der Waals surface area contributed by atoms with Gasteiger partial charge in [-0.3, -0.25) is 0 Å². The predicted octanol–water partition coefficient (Wildman–Crippen LogP) is 6.10. The molecule has 0 aromatic carbocycles. The molecule has 0 saturated carbocycles. The van der Waals surface area contributed by atoms with Crippen LogP contribution in [0.3, 0.4) is 0 Å². The van der Waals surface area contributed by atoms with E-state index in [-0.39, 0.29) is 37.2 Å². The third-order valence-corrected chi connectivity index (χ3v) is 7.72. The van der Waals surface area contributed by atoms with Gasteiger partial charge in [0.05, 0.1) is 0 Å². The third-order valence-electron chi connectivity index (χ3n) is 2.66. The largest absolute Gasteiger partial charge is 0.147 e. The van der Waals surface area contributed by atoms with Gasteiger partial charge in [-0.2, -0.15) is 0 Å². The fourth-order valence-corrected chi connectivity index (χ4v) is 5.60. The Bertz CT molecular complexity index is 285. The SMILES string of the molecule is C[Si](C)(C)CC1=CC=[C]([Ti]([CH3])([CH3])[CH3])C1.Cl.Cl.Cl. The van der Waals surface area contributed by atoms with Crippen molar-refractivity contribution in [1.29, 1.82) is 0 Å². The monoisotopic (exact) mass is 352 g/mol. The van der Waals surface area contributed by atoms with Gasteiger partial charge < -0.3 is 0 Å². The van der Waals surface area contributed by atoms with E-state index >= 15 is 0 Å². The normalized spacial score (nSPS) is 14.9. The Morgan fingerprint density at radius 2 is 1.47 bits per heavy atom. The first-order valence-electron chi connectivity index (χ1n) is 5.57. The van der Waals surface area contributed by atoms with Crippen LogP contribution >= 0.6 is 37.2 Å². The van der Waals surface area contributed by atoms with Crippen LogP contribution < -0.4 is 0 Å². The maximum atomic E-state index is 2.50. The Morgan fingerprint density at radius 3 is 1.76 bits per heavy atom. The molecule has 0 spiro atoms. The van der Waals surface area contributed by atoms with Crippen molar-refractivity contribution in [2.24, 2.45) is 0 Å². The molecule has 1 aliphatic rings. The molecule has 0 nitrogen and oxygen atoms in total. The molecule has 0 unspecified atom stereocenters. The van der Waals surface area contributed by atoms with Gasteiger partial charge in [-0.25, -0.2) is 0 Å². The summed E-state index contributed by atoms with van der Waals surface area (Å²) >= 11 is -1.50. The number of rotatable bonds is 3. The predicted molar refractivity (Wildman–Crippen MR) is 88.3 cm³/mol.